The van der Waals surface area contributed by atoms with Crippen molar-refractivity contribution in [2.24, 2.45) is 7.05 Å². The molecule has 1 aromatic rings. The molecule has 2 N–H and O–H groups in total. The van der Waals surface area contributed by atoms with Gasteiger partial charge in [-0.1, -0.05) is 0 Å². The van der Waals surface area contributed by atoms with Crippen LogP contribution in [-0.2, 0) is 7.05 Å². The van der Waals surface area contributed by atoms with Crippen molar-refractivity contribution < 1.29 is 15.0 Å². The first-order chi connectivity index (χ1) is 5.04. The van der Waals surface area contributed by atoms with E-state index in [2.05, 4.69) is 0 Å². The summed E-state index contributed by atoms with van der Waals surface area (Å²) in [5, 5.41) is 18.3. The summed E-state index contributed by atoms with van der Waals surface area (Å²) in [6.07, 6.45) is 1.28. The zero-order valence-corrected chi connectivity index (χ0v) is 6.33. The molecular formula is C7H9NO3. The van der Waals surface area contributed by atoms with Crippen molar-refractivity contribution in [3.05, 3.63) is 11.8 Å². The van der Waals surface area contributed by atoms with Crippen LogP contribution in [0.3, 0.4) is 0 Å². The second-order valence-corrected chi connectivity index (χ2v) is 2.38. The summed E-state index contributed by atoms with van der Waals surface area (Å²) in [6, 6.07) is 0. The first kappa shape index (κ1) is 7.65. The van der Waals surface area contributed by atoms with Gasteiger partial charge in [-0.2, -0.15) is 0 Å². The van der Waals surface area contributed by atoms with Gasteiger partial charge in [0.25, 0.3) is 0 Å². The molecule has 1 aromatic heterocycles. The summed E-state index contributed by atoms with van der Waals surface area (Å²) in [4.78, 5) is 10.8. The molecule has 60 valence electrons. The number of aryl methyl sites for hydroxylation is 1. The lowest BCUT2D eigenvalue weighted by molar-refractivity contribution is 0.101. The highest BCUT2D eigenvalue weighted by Crippen LogP contribution is 2.28. The van der Waals surface area contributed by atoms with E-state index in [9.17, 15) is 9.90 Å². The zero-order chi connectivity index (χ0) is 8.59. The second kappa shape index (κ2) is 2.30. The minimum Gasteiger partial charge on any atom is -0.505 e. The largest absolute Gasteiger partial charge is 0.505 e. The van der Waals surface area contributed by atoms with Crippen molar-refractivity contribution in [1.82, 2.24) is 4.57 Å². The molecule has 0 unspecified atom stereocenters. The summed E-state index contributed by atoms with van der Waals surface area (Å²) in [6.45, 7) is 1.29. The minimum absolute atomic E-state index is 0.0208. The molecule has 0 radical (unpaired) electrons. The van der Waals surface area contributed by atoms with Crippen molar-refractivity contribution in [2.45, 2.75) is 6.92 Å². The molecule has 0 aliphatic heterocycles. The number of rotatable bonds is 1. The summed E-state index contributed by atoms with van der Waals surface area (Å²) < 4.78 is 1.28. The Hall–Kier alpha value is -1.45. The van der Waals surface area contributed by atoms with Gasteiger partial charge >= 0.3 is 0 Å². The summed E-state index contributed by atoms with van der Waals surface area (Å²) in [5.74, 6) is -0.729. The molecule has 4 nitrogen and oxygen atoms in total. The van der Waals surface area contributed by atoms with Crippen LogP contribution in [0.25, 0.3) is 0 Å². The van der Waals surface area contributed by atoms with Gasteiger partial charge in [-0.25, -0.2) is 0 Å². The maximum absolute atomic E-state index is 10.8. The van der Waals surface area contributed by atoms with Crippen LogP contribution in [0.15, 0.2) is 6.20 Å². The first-order valence-electron chi connectivity index (χ1n) is 3.12. The molecule has 0 amide bonds. The number of hydrogen-bond donors (Lipinski definition) is 2. The summed E-state index contributed by atoms with van der Waals surface area (Å²) in [7, 11) is 1.54. The molecule has 1 heterocycles. The van der Waals surface area contributed by atoms with Gasteiger partial charge in [0.05, 0.1) is 0 Å². The molecule has 0 aliphatic rings. The Bertz CT molecular complexity index is 301. The topological polar surface area (TPSA) is 62.5 Å². The average Bonchev–Trinajstić information content (AvgIpc) is 2.07. The summed E-state index contributed by atoms with van der Waals surface area (Å²) >= 11 is 0. The standard InChI is InChI=1S/C7H9NO3/c1-4(9)6-5(10)3-8(2)7(6)11/h3,10-11H,1-2H3. The number of aromatic hydroxyl groups is 2. The number of carbonyl (C=O) groups is 1. The zero-order valence-electron chi connectivity index (χ0n) is 6.33. The van der Waals surface area contributed by atoms with Crippen molar-refractivity contribution in [2.75, 3.05) is 0 Å². The van der Waals surface area contributed by atoms with E-state index < -0.39 is 0 Å². The van der Waals surface area contributed by atoms with Crippen molar-refractivity contribution >= 4 is 5.78 Å². The number of ketones is 1. The van der Waals surface area contributed by atoms with E-state index in [1.54, 1.807) is 7.05 Å². The molecule has 4 heteroatoms. The third-order valence-electron chi connectivity index (χ3n) is 1.48. The van der Waals surface area contributed by atoms with Gasteiger partial charge in [-0.3, -0.25) is 4.79 Å². The van der Waals surface area contributed by atoms with Crippen LogP contribution in [0.2, 0.25) is 0 Å². The number of Topliss-reactive ketones (excluding diaryl/α,β-unsaturated/α-hetero) is 1. The van der Waals surface area contributed by atoms with E-state index in [0.717, 1.165) is 0 Å². The van der Waals surface area contributed by atoms with Crippen LogP contribution >= 0.6 is 0 Å². The van der Waals surface area contributed by atoms with Gasteiger partial charge in [-0.05, 0) is 6.92 Å². The number of carbonyl (C=O) groups excluding carboxylic acids is 1. The fourth-order valence-electron chi connectivity index (χ4n) is 0.938. The molecule has 0 atom stereocenters. The van der Waals surface area contributed by atoms with Crippen LogP contribution in [0.4, 0.5) is 0 Å². The van der Waals surface area contributed by atoms with Gasteiger partial charge in [0.1, 0.15) is 11.3 Å². The molecule has 0 fully saturated rings. The van der Waals surface area contributed by atoms with E-state index >= 15 is 0 Å². The smallest absolute Gasteiger partial charge is 0.205 e. The third kappa shape index (κ3) is 1.07. The van der Waals surface area contributed by atoms with Gasteiger partial charge in [-0.15, -0.1) is 0 Å². The first-order valence-corrected chi connectivity index (χ1v) is 3.12. The minimum atomic E-state index is -0.347. The van der Waals surface area contributed by atoms with Crippen LogP contribution in [0.5, 0.6) is 11.6 Å². The van der Waals surface area contributed by atoms with Crippen molar-refractivity contribution in [3.63, 3.8) is 0 Å². The molecule has 0 bridgehead atoms. The van der Waals surface area contributed by atoms with Crippen LogP contribution in [0.1, 0.15) is 17.3 Å². The van der Waals surface area contributed by atoms with E-state index in [-0.39, 0.29) is 23.0 Å². The lowest BCUT2D eigenvalue weighted by Gasteiger charge is -1.94. The Labute approximate surface area is 63.7 Å². The highest BCUT2D eigenvalue weighted by molar-refractivity contribution is 5.99. The maximum atomic E-state index is 10.8. The SMILES string of the molecule is CC(=O)c1c(O)cn(C)c1O. The van der Waals surface area contributed by atoms with Gasteiger partial charge in [0.15, 0.2) is 5.78 Å². The van der Waals surface area contributed by atoms with Crippen LogP contribution in [-0.4, -0.2) is 20.6 Å². The highest BCUT2D eigenvalue weighted by Gasteiger charge is 2.15. The van der Waals surface area contributed by atoms with E-state index in [4.69, 9.17) is 5.11 Å². The normalized spacial score (nSPS) is 10.0. The molecule has 1 rings (SSSR count). The molecule has 0 aromatic carbocycles. The van der Waals surface area contributed by atoms with Crippen molar-refractivity contribution in [1.29, 1.82) is 0 Å². The van der Waals surface area contributed by atoms with Crippen LogP contribution in [0, 0.1) is 0 Å². The fourth-order valence-corrected chi connectivity index (χ4v) is 0.938. The van der Waals surface area contributed by atoms with E-state index in [1.807, 2.05) is 0 Å². The molecule has 0 aliphatic carbocycles. The number of hydrogen-bond acceptors (Lipinski definition) is 3. The quantitative estimate of drug-likeness (QED) is 0.585. The molecule has 0 saturated heterocycles. The Morgan fingerprint density at radius 3 is 2.27 bits per heavy atom. The van der Waals surface area contributed by atoms with E-state index in [0.29, 0.717) is 0 Å². The maximum Gasteiger partial charge on any atom is 0.205 e. The van der Waals surface area contributed by atoms with E-state index in [1.165, 1.54) is 17.7 Å². The van der Waals surface area contributed by atoms with Gasteiger partial charge in [0, 0.05) is 13.2 Å². The Balaban J connectivity index is 3.34. The molecule has 11 heavy (non-hydrogen) atoms. The second-order valence-electron chi connectivity index (χ2n) is 2.38. The Kier molecular flexibility index (Phi) is 1.60. The lowest BCUT2D eigenvalue weighted by atomic mass is 10.2. The fraction of sp³-hybridized carbons (Fsp3) is 0.286. The van der Waals surface area contributed by atoms with Gasteiger partial charge in [0.2, 0.25) is 5.88 Å². The lowest BCUT2D eigenvalue weighted by Crippen LogP contribution is -1.91. The summed E-state index contributed by atoms with van der Waals surface area (Å²) in [5.41, 5.74) is -0.0208. The van der Waals surface area contributed by atoms with Gasteiger partial charge < -0.3 is 14.8 Å². The molecule has 0 saturated carbocycles. The number of aromatic nitrogens is 1. The monoisotopic (exact) mass is 155 g/mol. The van der Waals surface area contributed by atoms with Crippen molar-refractivity contribution in [3.8, 4) is 11.6 Å². The predicted molar refractivity (Wildman–Crippen MR) is 38.7 cm³/mol. The van der Waals surface area contributed by atoms with Crippen LogP contribution < -0.4 is 0 Å². The molecular weight excluding hydrogens is 146 g/mol. The predicted octanol–water partition coefficient (Wildman–Crippen LogP) is 0.639. The average molecular weight is 155 g/mol. The number of nitrogens with zero attached hydrogens (tertiary/aromatic N) is 1. The Morgan fingerprint density at radius 1 is 1.55 bits per heavy atom. The third-order valence-corrected chi connectivity index (χ3v) is 1.48. The molecule has 0 spiro atoms. The highest BCUT2D eigenvalue weighted by atomic mass is 16.3. The Morgan fingerprint density at radius 2 is 2.09 bits per heavy atom.